The first kappa shape index (κ1) is 35.1. The zero-order valence-electron chi connectivity index (χ0n) is 21.3. The molecule has 5 rings (SSSR count). The first-order valence-electron chi connectivity index (χ1n) is 11.4. The van der Waals surface area contributed by atoms with Crippen molar-refractivity contribution in [2.24, 2.45) is 11.8 Å². The van der Waals surface area contributed by atoms with E-state index in [9.17, 15) is 13.2 Å². The third-order valence-electron chi connectivity index (χ3n) is 5.50. The van der Waals surface area contributed by atoms with Gasteiger partial charge in [-0.2, -0.15) is 55.2 Å². The van der Waals surface area contributed by atoms with Crippen LogP contribution >= 0.6 is 0 Å². The molecule has 0 aliphatic heterocycles. The van der Waals surface area contributed by atoms with Crippen LogP contribution in [0, 0.1) is 24.0 Å². The summed E-state index contributed by atoms with van der Waals surface area (Å²) in [6.45, 7) is 8.79. The molecule has 0 radical (unpaired) electrons. The van der Waals surface area contributed by atoms with Crippen LogP contribution in [-0.4, -0.2) is 4.21 Å². The first-order valence-corrected chi connectivity index (χ1v) is 13.1. The Morgan fingerprint density at radius 1 is 0.865 bits per heavy atom. The van der Waals surface area contributed by atoms with Gasteiger partial charge in [0.1, 0.15) is 0 Å². The summed E-state index contributed by atoms with van der Waals surface area (Å²) in [7, 11) is 0. The zero-order chi connectivity index (χ0) is 26.0. The molecule has 0 saturated heterocycles. The zero-order valence-corrected chi connectivity index (χ0v) is 25.3. The van der Waals surface area contributed by atoms with Crippen molar-refractivity contribution in [1.82, 2.24) is 0 Å². The SMILES string of the molecule is CC1=[C-]C(C)C=C1C(C)C.FC(F)(F)c1cc[c-]cc1.[CH2]=[Zr+2].[Cl-].[Cl-].c1ccc2c(c1)[cH-]c1ccccc12. The van der Waals surface area contributed by atoms with Crippen LogP contribution in [0.2, 0.25) is 0 Å². The maximum atomic E-state index is 11.8. The van der Waals surface area contributed by atoms with Crippen LogP contribution in [0.4, 0.5) is 13.2 Å². The molecule has 0 amide bonds. The van der Waals surface area contributed by atoms with Crippen LogP contribution in [0.1, 0.15) is 33.3 Å². The number of allylic oxidation sites excluding steroid dienone is 4. The second-order valence-corrected chi connectivity index (χ2v) is 8.44. The van der Waals surface area contributed by atoms with E-state index in [-0.39, 0.29) is 24.8 Å². The summed E-state index contributed by atoms with van der Waals surface area (Å²) in [5.41, 5.74) is 2.20. The molecule has 1 unspecified atom stereocenters. The summed E-state index contributed by atoms with van der Waals surface area (Å²) in [5.74, 6) is 1.20. The number of fused-ring (bicyclic) bond motifs is 3. The molecule has 1 atom stereocenters. The molecule has 0 N–H and O–H groups in total. The quantitative estimate of drug-likeness (QED) is 0.287. The van der Waals surface area contributed by atoms with Crippen LogP contribution in [0.25, 0.3) is 21.5 Å². The molecule has 0 fully saturated rings. The molecule has 0 bridgehead atoms. The van der Waals surface area contributed by atoms with E-state index in [1.54, 1.807) is 0 Å². The number of rotatable bonds is 1. The molecule has 37 heavy (non-hydrogen) atoms. The Morgan fingerprint density at radius 3 is 1.65 bits per heavy atom. The van der Waals surface area contributed by atoms with Gasteiger partial charge in [-0.3, -0.25) is 6.08 Å². The summed E-state index contributed by atoms with van der Waals surface area (Å²) in [6, 6.07) is 26.2. The monoisotopic (exact) mass is 619 g/mol. The molecular formula is C31H30Cl2F3Zr-3. The Morgan fingerprint density at radius 2 is 1.32 bits per heavy atom. The van der Waals surface area contributed by atoms with E-state index in [0.717, 1.165) is 12.1 Å². The Labute approximate surface area is 246 Å². The fraction of sp³-hybridized carbons (Fsp3) is 0.226. The van der Waals surface area contributed by atoms with Gasteiger partial charge in [0.2, 0.25) is 0 Å². The normalized spacial score (nSPS) is 13.9. The predicted octanol–water partition coefficient (Wildman–Crippen LogP) is 3.16. The predicted molar refractivity (Wildman–Crippen MR) is 139 cm³/mol. The van der Waals surface area contributed by atoms with Crippen molar-refractivity contribution in [3.63, 3.8) is 0 Å². The Bertz CT molecular complexity index is 1220. The van der Waals surface area contributed by atoms with Gasteiger partial charge in [-0.25, -0.2) is 5.57 Å². The van der Waals surface area contributed by atoms with E-state index in [1.807, 2.05) is 0 Å². The molecule has 0 aromatic heterocycles. The minimum atomic E-state index is -4.23. The van der Waals surface area contributed by atoms with Gasteiger partial charge in [0.05, 0.1) is 0 Å². The van der Waals surface area contributed by atoms with Gasteiger partial charge in [0.15, 0.2) is 0 Å². The maximum absolute atomic E-state index is 11.8. The number of hydrogen-bond acceptors (Lipinski definition) is 0. The van der Waals surface area contributed by atoms with Gasteiger partial charge in [0.25, 0.3) is 0 Å². The van der Waals surface area contributed by atoms with E-state index in [4.69, 9.17) is 0 Å². The van der Waals surface area contributed by atoms with Gasteiger partial charge >= 0.3 is 34.6 Å². The van der Waals surface area contributed by atoms with Crippen LogP contribution in [0.15, 0.2) is 96.1 Å². The van der Waals surface area contributed by atoms with Gasteiger partial charge in [-0.05, 0) is 0 Å². The Balaban J connectivity index is 0.000000502. The molecule has 1 aliphatic carbocycles. The van der Waals surface area contributed by atoms with Gasteiger partial charge in [-0.1, -0.05) is 81.5 Å². The van der Waals surface area contributed by atoms with Crippen molar-refractivity contribution >= 4 is 25.8 Å². The summed E-state index contributed by atoms with van der Waals surface area (Å²) < 4.78 is 38.7. The maximum Gasteiger partial charge on any atom is -0.0771 e. The van der Waals surface area contributed by atoms with Crippen LogP contribution in [-0.2, 0) is 30.4 Å². The summed E-state index contributed by atoms with van der Waals surface area (Å²) in [5, 5.41) is 5.39. The van der Waals surface area contributed by atoms with E-state index in [0.29, 0.717) is 11.8 Å². The van der Waals surface area contributed by atoms with Gasteiger partial charge in [-0.15, -0.1) is 39.7 Å². The van der Waals surface area contributed by atoms with E-state index in [2.05, 4.69) is 105 Å². The molecule has 0 saturated carbocycles. The van der Waals surface area contributed by atoms with Crippen molar-refractivity contribution in [2.75, 3.05) is 0 Å². The molecule has 4 aromatic rings. The number of halogens is 5. The molecular weight excluding hydrogens is 591 g/mol. The number of hydrogen-bond donors (Lipinski definition) is 0. The standard InChI is InChI=1S/C13H9.C10H15.C7H4F3.CH2.2ClH.Zr/c1-3-7-12-10(5-1)9-11-6-2-4-8-13(11)12;1-7(2)10-6-8(3)5-9(10)4;8-7(9,10)6-4-2-1-3-5-6;;;;/h1-9H;6-8H,1-4H3;2-5H;1H2;2*1H;/q3*-1;;;;+2/p-2. The number of alkyl halides is 3. The minimum absolute atomic E-state index is 0. The van der Waals surface area contributed by atoms with Crippen LogP contribution in [0.3, 0.4) is 0 Å². The molecule has 0 nitrogen and oxygen atoms in total. The average molecular weight is 622 g/mol. The second kappa shape index (κ2) is 16.9. The van der Waals surface area contributed by atoms with Crippen molar-refractivity contribution in [1.29, 1.82) is 0 Å². The van der Waals surface area contributed by atoms with Gasteiger partial charge in [0, 0.05) is 0 Å². The smallest absolute Gasteiger partial charge is 0.0771 e. The molecule has 196 valence electrons. The van der Waals surface area contributed by atoms with Crippen molar-refractivity contribution in [3.05, 3.63) is 114 Å². The van der Waals surface area contributed by atoms with E-state index < -0.39 is 11.7 Å². The third kappa shape index (κ3) is 10.4. The fourth-order valence-corrected chi connectivity index (χ4v) is 3.97. The van der Waals surface area contributed by atoms with Crippen molar-refractivity contribution < 1.29 is 62.2 Å². The van der Waals surface area contributed by atoms with Crippen LogP contribution < -0.4 is 24.8 Å². The number of benzene rings is 3. The summed E-state index contributed by atoms with van der Waals surface area (Å²) in [4.78, 5) is 0. The second-order valence-electron chi connectivity index (χ2n) is 8.44. The van der Waals surface area contributed by atoms with Crippen LogP contribution in [0.5, 0.6) is 0 Å². The fourth-order valence-electron chi connectivity index (χ4n) is 3.97. The molecule has 0 spiro atoms. The average Bonchev–Trinajstić information content (AvgIpc) is 3.40. The topological polar surface area (TPSA) is 0 Å². The molecule has 4 aromatic carbocycles. The third-order valence-corrected chi connectivity index (χ3v) is 5.50. The van der Waals surface area contributed by atoms with Crippen molar-refractivity contribution in [2.45, 2.75) is 33.9 Å². The minimum Gasteiger partial charge on any atom is -1.00 e. The largest absolute Gasteiger partial charge is 1.00 e. The summed E-state index contributed by atoms with van der Waals surface area (Å²) in [6.07, 6.45) is 1.45. The first-order chi connectivity index (χ1) is 16.7. The Kier molecular flexibility index (Phi) is 16.0. The van der Waals surface area contributed by atoms with E-state index >= 15 is 0 Å². The summed E-state index contributed by atoms with van der Waals surface area (Å²) >= 11 is 1.30. The Hall–Kier alpha value is -1.87. The molecule has 1 aliphatic rings. The molecule has 6 heteroatoms. The van der Waals surface area contributed by atoms with Gasteiger partial charge < -0.3 is 24.8 Å². The van der Waals surface area contributed by atoms with E-state index in [1.165, 1.54) is 69.1 Å². The van der Waals surface area contributed by atoms with Crippen molar-refractivity contribution in [3.8, 4) is 0 Å². The molecule has 0 heterocycles.